The van der Waals surface area contributed by atoms with Crippen LogP contribution in [0, 0.1) is 11.6 Å². The molecule has 4 bridgehead atoms. The van der Waals surface area contributed by atoms with Gasteiger partial charge >= 0.3 is 5.69 Å². The van der Waals surface area contributed by atoms with Crippen LogP contribution in [0.5, 0.6) is 11.5 Å². The number of aromatic nitrogens is 6. The van der Waals surface area contributed by atoms with Gasteiger partial charge in [-0.15, -0.1) is 0 Å². The lowest BCUT2D eigenvalue weighted by atomic mass is 10.0. The number of imidazole rings is 1. The van der Waals surface area contributed by atoms with Crippen molar-refractivity contribution in [3.63, 3.8) is 0 Å². The number of carbonyl (C=O) groups excluding carboxylic acids is 1. The van der Waals surface area contributed by atoms with Gasteiger partial charge in [-0.25, -0.2) is 28.2 Å². The molecule has 1 amide bonds. The number of carbonyl (C=O) groups is 1. The smallest absolute Gasteiger partial charge is 0.329 e. The number of halogens is 2. The number of anilines is 1. The van der Waals surface area contributed by atoms with Crippen molar-refractivity contribution in [2.24, 2.45) is 0 Å². The zero-order valence-electron chi connectivity index (χ0n) is 29.2. The lowest BCUT2D eigenvalue weighted by Crippen LogP contribution is -2.44. The fourth-order valence-corrected chi connectivity index (χ4v) is 7.64. The van der Waals surface area contributed by atoms with Crippen LogP contribution in [-0.2, 0) is 17.9 Å². The molecule has 0 radical (unpaired) electrons. The van der Waals surface area contributed by atoms with E-state index in [0.717, 1.165) is 45.6 Å². The first kappa shape index (κ1) is 33.3. The summed E-state index contributed by atoms with van der Waals surface area (Å²) in [6.45, 7) is 1.40. The highest BCUT2D eigenvalue weighted by Crippen LogP contribution is 2.35. The Bertz CT molecular complexity index is 2620. The minimum Gasteiger partial charge on any atom is -0.497 e. The summed E-state index contributed by atoms with van der Waals surface area (Å²) in [4.78, 5) is 39.0. The third kappa shape index (κ3) is 5.79. The van der Waals surface area contributed by atoms with Gasteiger partial charge in [0.15, 0.2) is 11.5 Å². The van der Waals surface area contributed by atoms with Crippen molar-refractivity contribution in [3.8, 4) is 28.3 Å². The van der Waals surface area contributed by atoms with E-state index >= 15 is 0 Å². The van der Waals surface area contributed by atoms with Crippen LogP contribution in [0.4, 0.5) is 14.6 Å². The fraction of sp³-hybridized carbons (Fsp3) is 0.225. The highest BCUT2D eigenvalue weighted by molar-refractivity contribution is 5.94. The minimum atomic E-state index is -0.790. The monoisotopic (exact) mass is 728 g/mol. The number of rotatable bonds is 5. The largest absolute Gasteiger partial charge is 0.497 e. The molecule has 0 aliphatic carbocycles. The van der Waals surface area contributed by atoms with Crippen LogP contribution >= 0.6 is 0 Å². The normalized spacial score (nSPS) is 17.2. The Morgan fingerprint density at radius 3 is 2.67 bits per heavy atom. The molecule has 2 aliphatic rings. The predicted molar refractivity (Wildman–Crippen MR) is 198 cm³/mol. The average molecular weight is 729 g/mol. The molecule has 12 nitrogen and oxygen atoms in total. The van der Waals surface area contributed by atoms with E-state index in [1.165, 1.54) is 23.3 Å². The van der Waals surface area contributed by atoms with Crippen LogP contribution in [0.3, 0.4) is 0 Å². The number of hydrogen-bond acceptors (Lipinski definition) is 8. The Morgan fingerprint density at radius 2 is 1.83 bits per heavy atom. The zero-order valence-corrected chi connectivity index (χ0v) is 29.2. The first-order valence-corrected chi connectivity index (χ1v) is 17.7. The van der Waals surface area contributed by atoms with Gasteiger partial charge in [0.05, 0.1) is 42.8 Å². The van der Waals surface area contributed by atoms with Crippen molar-refractivity contribution in [2.75, 3.05) is 25.1 Å². The molecule has 54 heavy (non-hydrogen) atoms. The highest BCUT2D eigenvalue weighted by atomic mass is 19.1. The molecule has 2 aliphatic heterocycles. The van der Waals surface area contributed by atoms with Crippen LogP contribution in [0.2, 0.25) is 0 Å². The van der Waals surface area contributed by atoms with E-state index in [2.05, 4.69) is 20.4 Å². The second-order valence-electron chi connectivity index (χ2n) is 13.4. The van der Waals surface area contributed by atoms with E-state index in [0.29, 0.717) is 61.6 Å². The van der Waals surface area contributed by atoms with Crippen molar-refractivity contribution < 1.29 is 23.0 Å². The van der Waals surface area contributed by atoms with Gasteiger partial charge < -0.3 is 19.7 Å². The number of ether oxygens (including phenoxy) is 2. The van der Waals surface area contributed by atoms with Gasteiger partial charge in [0.2, 0.25) is 5.91 Å². The second-order valence-corrected chi connectivity index (χ2v) is 13.4. The molecule has 272 valence electrons. The molecule has 0 saturated carbocycles. The maximum Gasteiger partial charge on any atom is 0.329 e. The van der Waals surface area contributed by atoms with Gasteiger partial charge in [-0.2, -0.15) is 5.10 Å². The van der Waals surface area contributed by atoms with Crippen LogP contribution in [-0.4, -0.2) is 67.1 Å². The summed E-state index contributed by atoms with van der Waals surface area (Å²) < 4.78 is 45.3. The van der Waals surface area contributed by atoms with Gasteiger partial charge in [-0.3, -0.25) is 13.9 Å². The molecule has 7 aromatic rings. The Balaban J connectivity index is 1.08. The molecule has 1 N–H and O–H groups in total. The van der Waals surface area contributed by atoms with Crippen molar-refractivity contribution in [1.82, 2.24) is 34.2 Å². The Morgan fingerprint density at radius 1 is 0.981 bits per heavy atom. The van der Waals surface area contributed by atoms with Crippen molar-refractivity contribution in [3.05, 3.63) is 125 Å². The number of para-hydroxylation sites is 1. The van der Waals surface area contributed by atoms with E-state index in [1.807, 2.05) is 71.6 Å². The average Bonchev–Trinajstić information content (AvgIpc) is 3.88. The SMILES string of the molecule is COc1ccc(Cn2c(=O)n3c4c(cccc42)-c2cccc(c2)O[C@H]2C[C@@H](C(=O)NCCC3)N(c3ncnc4c3cnn4-c3ccc(F)cc3F)C2)cc1. The molecule has 5 heterocycles. The van der Waals surface area contributed by atoms with Crippen molar-refractivity contribution in [1.29, 1.82) is 0 Å². The lowest BCUT2D eigenvalue weighted by Gasteiger charge is -2.25. The molecule has 9 rings (SSSR count). The first-order valence-electron chi connectivity index (χ1n) is 17.7. The molecule has 14 heteroatoms. The maximum absolute atomic E-state index is 14.8. The second kappa shape index (κ2) is 13.4. The third-order valence-electron chi connectivity index (χ3n) is 10.2. The van der Waals surface area contributed by atoms with Crippen LogP contribution < -0.4 is 25.4 Å². The molecular formula is C40H34F2N8O4. The quantitative estimate of drug-likeness (QED) is 0.248. The standard InChI is InChI=1S/C40H34F2N8O4/c1-53-27-12-9-24(10-13-27)21-49-34-8-3-7-30-25-5-2-6-28(17-25)54-29-19-35(39(51)43-15-4-16-47(36(30)34)40(49)52)48(22-29)37-31-20-46-50(38(31)45-23-44-37)33-14-11-26(41)18-32(33)42/h2-3,5-14,17-18,20,23,29,35H,4,15-16,19,21-22H2,1H3,(H,43,51)/t29-,35-/m0/s1. The van der Waals surface area contributed by atoms with Crippen LogP contribution in [0.1, 0.15) is 18.4 Å². The van der Waals surface area contributed by atoms with E-state index in [4.69, 9.17) is 9.47 Å². The predicted octanol–water partition coefficient (Wildman–Crippen LogP) is 5.48. The lowest BCUT2D eigenvalue weighted by molar-refractivity contribution is -0.122. The molecule has 1 saturated heterocycles. The molecule has 3 aromatic heterocycles. The van der Waals surface area contributed by atoms with Crippen molar-refractivity contribution in [2.45, 2.75) is 38.1 Å². The Kier molecular flexibility index (Phi) is 8.28. The number of fused-ring (bicyclic) bond motifs is 6. The first-order chi connectivity index (χ1) is 26.4. The van der Waals surface area contributed by atoms with E-state index < -0.39 is 23.8 Å². The zero-order chi connectivity index (χ0) is 36.9. The summed E-state index contributed by atoms with van der Waals surface area (Å²) in [6.07, 6.45) is 3.33. The minimum absolute atomic E-state index is 0.0309. The fourth-order valence-electron chi connectivity index (χ4n) is 7.64. The molecule has 0 spiro atoms. The van der Waals surface area contributed by atoms with Crippen molar-refractivity contribution >= 4 is 33.8 Å². The third-order valence-corrected chi connectivity index (χ3v) is 10.2. The number of hydrogen-bond donors (Lipinski definition) is 1. The number of amides is 1. The van der Waals surface area contributed by atoms with E-state index in [1.54, 1.807) is 16.2 Å². The summed E-state index contributed by atoms with van der Waals surface area (Å²) in [5.41, 5.74) is 4.56. The number of nitrogens with one attached hydrogen (secondary N) is 1. The number of nitrogens with zero attached hydrogens (tertiary/aromatic N) is 7. The Hall–Kier alpha value is -6.57. The van der Waals surface area contributed by atoms with Crippen LogP contribution in [0.15, 0.2) is 102 Å². The van der Waals surface area contributed by atoms with Crippen LogP contribution in [0.25, 0.3) is 38.9 Å². The topological polar surface area (TPSA) is 121 Å². The van der Waals surface area contributed by atoms with Gasteiger partial charge in [0.1, 0.15) is 47.3 Å². The molecule has 4 aromatic carbocycles. The summed E-state index contributed by atoms with van der Waals surface area (Å²) in [6, 6.07) is 24.0. The summed E-state index contributed by atoms with van der Waals surface area (Å²) in [7, 11) is 1.62. The molecular weight excluding hydrogens is 694 g/mol. The van der Waals surface area contributed by atoms with Gasteiger partial charge in [-0.05, 0) is 60.0 Å². The summed E-state index contributed by atoms with van der Waals surface area (Å²) in [5, 5.41) is 7.95. The highest BCUT2D eigenvalue weighted by Gasteiger charge is 2.40. The Labute approximate surface area is 307 Å². The summed E-state index contributed by atoms with van der Waals surface area (Å²) >= 11 is 0. The maximum atomic E-state index is 14.8. The number of benzene rings is 4. The van der Waals surface area contributed by atoms with E-state index in [-0.39, 0.29) is 17.3 Å². The molecule has 0 unspecified atom stereocenters. The molecule has 2 atom stereocenters. The van der Waals surface area contributed by atoms with Gasteiger partial charge in [-0.1, -0.05) is 36.4 Å². The van der Waals surface area contributed by atoms with E-state index in [9.17, 15) is 18.4 Å². The van der Waals surface area contributed by atoms with Gasteiger partial charge in [0.25, 0.3) is 0 Å². The molecule has 1 fully saturated rings. The van der Waals surface area contributed by atoms with Gasteiger partial charge in [0, 0.05) is 31.1 Å². The number of aryl methyl sites for hydroxylation is 1. The summed E-state index contributed by atoms with van der Waals surface area (Å²) in [5.74, 6) is 0.0829. The number of methoxy groups -OCH3 is 1.